The van der Waals surface area contributed by atoms with Gasteiger partial charge in [-0.15, -0.1) is 0 Å². The maximum Gasteiger partial charge on any atom is 0.244 e. The summed E-state index contributed by atoms with van der Waals surface area (Å²) in [5.41, 5.74) is 1.14. The van der Waals surface area contributed by atoms with Crippen LogP contribution in [-0.2, 0) is 21.8 Å². The predicted molar refractivity (Wildman–Crippen MR) is 86.8 cm³/mol. The zero-order valence-corrected chi connectivity index (χ0v) is 14.5. The number of rotatable bonds is 3. The van der Waals surface area contributed by atoms with E-state index in [4.69, 9.17) is 21.6 Å². The molecule has 1 aromatic carbocycles. The van der Waals surface area contributed by atoms with Crippen LogP contribution >= 0.6 is 11.6 Å². The fourth-order valence-corrected chi connectivity index (χ4v) is 4.51. The summed E-state index contributed by atoms with van der Waals surface area (Å²) < 4.78 is 34.4. The summed E-state index contributed by atoms with van der Waals surface area (Å²) in [5, 5.41) is 13.0. The number of benzene rings is 1. The third kappa shape index (κ3) is 3.16. The van der Waals surface area contributed by atoms with E-state index >= 15 is 0 Å². The van der Waals surface area contributed by atoms with Gasteiger partial charge in [0.2, 0.25) is 10.0 Å². The fraction of sp³-hybridized carbons (Fsp3) is 0.333. The van der Waals surface area contributed by atoms with Gasteiger partial charge in [0, 0.05) is 31.9 Å². The number of aromatic nitrogens is 2. The van der Waals surface area contributed by atoms with Crippen LogP contribution < -0.4 is 0 Å². The molecule has 126 valence electrons. The van der Waals surface area contributed by atoms with Crippen molar-refractivity contribution in [3.05, 3.63) is 46.7 Å². The Bertz CT molecular complexity index is 904. The minimum Gasteiger partial charge on any atom is -0.371 e. The number of halogens is 1. The van der Waals surface area contributed by atoms with E-state index in [1.807, 2.05) is 6.07 Å². The third-order valence-electron chi connectivity index (χ3n) is 3.80. The second-order valence-electron chi connectivity index (χ2n) is 5.43. The molecular formula is C15H15ClN4O3S. The Morgan fingerprint density at radius 1 is 1.46 bits per heavy atom. The summed E-state index contributed by atoms with van der Waals surface area (Å²) in [6.07, 6.45) is 3.09. The Hall–Kier alpha value is -1.92. The second kappa shape index (κ2) is 6.53. The summed E-state index contributed by atoms with van der Waals surface area (Å²) in [6, 6.07) is 6.10. The second-order valence-corrected chi connectivity index (χ2v) is 7.74. The smallest absolute Gasteiger partial charge is 0.244 e. The first kappa shape index (κ1) is 16.9. The highest BCUT2D eigenvalue weighted by atomic mass is 35.5. The third-order valence-corrected chi connectivity index (χ3v) is 6.15. The molecule has 0 bridgehead atoms. The van der Waals surface area contributed by atoms with Gasteiger partial charge in [0.25, 0.3) is 0 Å². The van der Waals surface area contributed by atoms with Gasteiger partial charge in [0.1, 0.15) is 4.90 Å². The average molecular weight is 367 g/mol. The summed E-state index contributed by atoms with van der Waals surface area (Å²) in [4.78, 5) is -0.00463. The first-order chi connectivity index (χ1) is 11.4. The van der Waals surface area contributed by atoms with Crippen molar-refractivity contribution in [3.8, 4) is 6.07 Å². The fourth-order valence-electron chi connectivity index (χ4n) is 2.57. The van der Waals surface area contributed by atoms with Crippen LogP contribution in [-0.4, -0.2) is 42.2 Å². The molecule has 24 heavy (non-hydrogen) atoms. The quantitative estimate of drug-likeness (QED) is 0.825. The molecule has 1 fully saturated rings. The number of hydrogen-bond donors (Lipinski definition) is 0. The van der Waals surface area contributed by atoms with Crippen LogP contribution in [0.2, 0.25) is 5.02 Å². The van der Waals surface area contributed by atoms with Gasteiger partial charge in [-0.1, -0.05) is 11.6 Å². The molecule has 0 spiro atoms. The number of hydrogen-bond acceptors (Lipinski definition) is 5. The lowest BCUT2D eigenvalue weighted by Gasteiger charge is -2.31. The van der Waals surface area contributed by atoms with Crippen molar-refractivity contribution >= 4 is 21.6 Å². The molecule has 1 aromatic heterocycles. The van der Waals surface area contributed by atoms with Gasteiger partial charge in [0.15, 0.2) is 0 Å². The molecule has 0 unspecified atom stereocenters. The highest BCUT2D eigenvalue weighted by Gasteiger charge is 2.33. The minimum absolute atomic E-state index is 0.00463. The van der Waals surface area contributed by atoms with E-state index in [9.17, 15) is 8.42 Å². The largest absolute Gasteiger partial charge is 0.371 e. The van der Waals surface area contributed by atoms with E-state index in [1.165, 1.54) is 22.5 Å². The molecule has 1 saturated heterocycles. The molecule has 9 heteroatoms. The molecule has 1 aliphatic rings. The van der Waals surface area contributed by atoms with E-state index in [1.54, 1.807) is 24.1 Å². The van der Waals surface area contributed by atoms with Gasteiger partial charge >= 0.3 is 0 Å². The van der Waals surface area contributed by atoms with Gasteiger partial charge in [-0.2, -0.15) is 14.7 Å². The van der Waals surface area contributed by atoms with Gasteiger partial charge in [-0.25, -0.2) is 8.42 Å². The summed E-state index contributed by atoms with van der Waals surface area (Å²) in [5.74, 6) is 0. The van der Waals surface area contributed by atoms with Crippen LogP contribution in [0.1, 0.15) is 17.2 Å². The van der Waals surface area contributed by atoms with Crippen LogP contribution in [0.15, 0.2) is 35.5 Å². The monoisotopic (exact) mass is 366 g/mol. The normalized spacial score (nSPS) is 19.1. The molecule has 0 amide bonds. The van der Waals surface area contributed by atoms with E-state index in [2.05, 4.69) is 5.10 Å². The Balaban J connectivity index is 1.88. The summed E-state index contributed by atoms with van der Waals surface area (Å²) >= 11 is 6.07. The maximum atomic E-state index is 12.9. The Kier molecular flexibility index (Phi) is 4.60. The van der Waals surface area contributed by atoms with Crippen LogP contribution in [0.5, 0.6) is 0 Å². The Morgan fingerprint density at radius 3 is 2.88 bits per heavy atom. The predicted octanol–water partition coefficient (Wildman–Crippen LogP) is 1.71. The van der Waals surface area contributed by atoms with Crippen molar-refractivity contribution in [1.29, 1.82) is 5.26 Å². The first-order valence-electron chi connectivity index (χ1n) is 7.22. The highest BCUT2D eigenvalue weighted by Crippen LogP contribution is 2.30. The van der Waals surface area contributed by atoms with Crippen molar-refractivity contribution in [2.75, 3.05) is 19.7 Å². The zero-order chi connectivity index (χ0) is 17.3. The van der Waals surface area contributed by atoms with E-state index in [0.717, 1.165) is 5.56 Å². The van der Waals surface area contributed by atoms with Gasteiger partial charge in [-0.05, 0) is 18.2 Å². The SMILES string of the molecule is Cn1cc([C@@H]2CN(S(=O)(=O)c3ccc(C#N)cc3Cl)CCO2)cn1. The number of morpholine rings is 1. The Morgan fingerprint density at radius 2 is 2.25 bits per heavy atom. The number of nitriles is 1. The first-order valence-corrected chi connectivity index (χ1v) is 9.03. The van der Waals surface area contributed by atoms with Crippen LogP contribution in [0, 0.1) is 11.3 Å². The molecule has 1 aliphatic heterocycles. The van der Waals surface area contributed by atoms with E-state index < -0.39 is 10.0 Å². The maximum absolute atomic E-state index is 12.9. The number of ether oxygens (including phenoxy) is 1. The topological polar surface area (TPSA) is 88.2 Å². The number of aryl methyl sites for hydroxylation is 1. The number of sulfonamides is 1. The number of nitrogens with zero attached hydrogens (tertiary/aromatic N) is 4. The molecule has 0 saturated carbocycles. The van der Waals surface area contributed by atoms with Crippen LogP contribution in [0.3, 0.4) is 0 Å². The molecule has 0 radical (unpaired) electrons. The Labute approximate surface area is 145 Å². The zero-order valence-electron chi connectivity index (χ0n) is 12.9. The van der Waals surface area contributed by atoms with Crippen molar-refractivity contribution in [2.24, 2.45) is 7.05 Å². The molecular weight excluding hydrogens is 352 g/mol. The molecule has 0 aliphatic carbocycles. The summed E-state index contributed by atoms with van der Waals surface area (Å²) in [6.45, 7) is 0.715. The van der Waals surface area contributed by atoms with E-state index in [-0.39, 0.29) is 35.7 Å². The average Bonchev–Trinajstić information content (AvgIpc) is 3.01. The van der Waals surface area contributed by atoms with Gasteiger partial charge < -0.3 is 4.74 Å². The molecule has 3 rings (SSSR count). The molecule has 2 heterocycles. The van der Waals surface area contributed by atoms with Crippen LogP contribution in [0.4, 0.5) is 0 Å². The molecule has 7 nitrogen and oxygen atoms in total. The standard InChI is InChI=1S/C15H15ClN4O3S/c1-19-9-12(8-18-19)14-10-20(4-5-23-14)24(21,22)15-3-2-11(7-17)6-13(15)16/h2-3,6,8-9,14H,4-5,10H2,1H3/t14-/m0/s1. The van der Waals surface area contributed by atoms with Crippen LogP contribution in [0.25, 0.3) is 0 Å². The lowest BCUT2D eigenvalue weighted by atomic mass is 10.2. The van der Waals surface area contributed by atoms with Gasteiger partial charge in [0.05, 0.1) is 35.6 Å². The van der Waals surface area contributed by atoms with Crippen molar-refractivity contribution in [1.82, 2.24) is 14.1 Å². The van der Waals surface area contributed by atoms with Crippen molar-refractivity contribution < 1.29 is 13.2 Å². The molecule has 2 aromatic rings. The highest BCUT2D eigenvalue weighted by molar-refractivity contribution is 7.89. The van der Waals surface area contributed by atoms with Crippen molar-refractivity contribution in [3.63, 3.8) is 0 Å². The summed E-state index contributed by atoms with van der Waals surface area (Å²) in [7, 11) is -1.98. The van der Waals surface area contributed by atoms with Crippen molar-refractivity contribution in [2.45, 2.75) is 11.0 Å². The molecule has 1 atom stereocenters. The van der Waals surface area contributed by atoms with Gasteiger partial charge in [-0.3, -0.25) is 4.68 Å². The lowest BCUT2D eigenvalue weighted by molar-refractivity contribution is -0.00259. The minimum atomic E-state index is -3.77. The molecule has 0 N–H and O–H groups in total. The van der Waals surface area contributed by atoms with E-state index in [0.29, 0.717) is 5.56 Å². The lowest BCUT2D eigenvalue weighted by Crippen LogP contribution is -2.42.